The fourth-order valence-corrected chi connectivity index (χ4v) is 2.55. The Hall–Kier alpha value is -2.76. The van der Waals surface area contributed by atoms with E-state index in [1.165, 1.54) is 0 Å². The van der Waals surface area contributed by atoms with Gasteiger partial charge in [0.05, 0.1) is 0 Å². The van der Waals surface area contributed by atoms with Crippen LogP contribution >= 0.6 is 0 Å². The first-order valence-electron chi connectivity index (χ1n) is 7.42. The Bertz CT molecular complexity index is 599. The number of nitrogens with zero attached hydrogens (tertiary/aromatic N) is 2. The van der Waals surface area contributed by atoms with Crippen LogP contribution in [-0.4, -0.2) is 21.8 Å². The van der Waals surface area contributed by atoms with Crippen LogP contribution in [0.15, 0.2) is 49.1 Å². The molecule has 0 fully saturated rings. The van der Waals surface area contributed by atoms with Gasteiger partial charge in [-0.2, -0.15) is 0 Å². The molecule has 2 rings (SSSR count). The quantitative estimate of drug-likeness (QED) is 0.708. The van der Waals surface area contributed by atoms with Gasteiger partial charge in [0.2, 0.25) is 11.8 Å². The molecular weight excluding hydrogens is 292 g/mol. The molecule has 0 radical (unpaired) electrons. The topological polar surface area (TPSA) is 112 Å². The number of nitrogens with two attached hydrogens (primary N) is 2. The summed E-state index contributed by atoms with van der Waals surface area (Å²) in [6.07, 6.45) is 8.31. The van der Waals surface area contributed by atoms with Gasteiger partial charge in [0, 0.05) is 24.8 Å². The van der Waals surface area contributed by atoms with E-state index in [4.69, 9.17) is 11.5 Å². The molecule has 6 heteroatoms. The molecule has 2 amide bonds. The molecule has 2 aromatic heterocycles. The van der Waals surface area contributed by atoms with Gasteiger partial charge in [-0.1, -0.05) is 0 Å². The average molecular weight is 312 g/mol. The van der Waals surface area contributed by atoms with Gasteiger partial charge in [-0.25, -0.2) is 0 Å². The molecule has 0 aromatic carbocycles. The van der Waals surface area contributed by atoms with Crippen molar-refractivity contribution >= 4 is 11.8 Å². The van der Waals surface area contributed by atoms with E-state index in [1.54, 1.807) is 24.8 Å². The fraction of sp³-hybridized carbons (Fsp3) is 0.294. The average Bonchev–Trinajstić information content (AvgIpc) is 2.56. The molecular formula is C17H20N4O2. The van der Waals surface area contributed by atoms with Crippen LogP contribution in [0.3, 0.4) is 0 Å². The van der Waals surface area contributed by atoms with Crippen molar-refractivity contribution in [3.63, 3.8) is 0 Å². The monoisotopic (exact) mass is 312 g/mol. The van der Waals surface area contributed by atoms with Gasteiger partial charge in [-0.3, -0.25) is 19.6 Å². The highest BCUT2D eigenvalue weighted by molar-refractivity contribution is 6.03. The smallest absolute Gasteiger partial charge is 0.233 e. The molecule has 0 aliphatic heterocycles. The van der Waals surface area contributed by atoms with Crippen molar-refractivity contribution in [3.05, 3.63) is 60.2 Å². The number of hydrogen-bond donors (Lipinski definition) is 2. The summed E-state index contributed by atoms with van der Waals surface area (Å²) in [6.45, 7) is 0. The maximum absolute atomic E-state index is 12.0. The van der Waals surface area contributed by atoms with Crippen LogP contribution in [-0.2, 0) is 22.4 Å². The number of carbonyl (C=O) groups is 2. The second-order valence-corrected chi connectivity index (χ2v) is 5.52. The van der Waals surface area contributed by atoms with E-state index in [0.717, 1.165) is 11.1 Å². The van der Waals surface area contributed by atoms with Crippen LogP contribution in [0.2, 0.25) is 0 Å². The van der Waals surface area contributed by atoms with E-state index >= 15 is 0 Å². The summed E-state index contributed by atoms with van der Waals surface area (Å²) in [5.74, 6) is -1.35. The third kappa shape index (κ3) is 4.12. The highest BCUT2D eigenvalue weighted by Crippen LogP contribution is 2.30. The Balaban J connectivity index is 2.14. The number of aryl methyl sites for hydroxylation is 2. The molecule has 6 nitrogen and oxygen atoms in total. The molecule has 0 aliphatic carbocycles. The maximum Gasteiger partial charge on any atom is 0.233 e. The van der Waals surface area contributed by atoms with E-state index in [-0.39, 0.29) is 12.8 Å². The highest BCUT2D eigenvalue weighted by Gasteiger charge is 2.41. The van der Waals surface area contributed by atoms with Crippen LogP contribution in [0.1, 0.15) is 24.0 Å². The summed E-state index contributed by atoms with van der Waals surface area (Å²) in [5, 5.41) is 0. The van der Waals surface area contributed by atoms with E-state index in [9.17, 15) is 9.59 Å². The van der Waals surface area contributed by atoms with Crippen LogP contribution < -0.4 is 11.5 Å². The van der Waals surface area contributed by atoms with E-state index in [0.29, 0.717) is 12.8 Å². The summed E-state index contributed by atoms with van der Waals surface area (Å²) < 4.78 is 0. The van der Waals surface area contributed by atoms with Crippen molar-refractivity contribution in [2.75, 3.05) is 0 Å². The molecule has 2 aromatic rings. The van der Waals surface area contributed by atoms with Gasteiger partial charge in [-0.15, -0.1) is 0 Å². The normalized spacial score (nSPS) is 11.1. The molecule has 2 heterocycles. The highest BCUT2D eigenvalue weighted by atomic mass is 16.2. The SMILES string of the molecule is NC(=O)C(CCc1ccncc1)(CCc1ccncc1)C(N)=O. The Morgan fingerprint density at radius 3 is 1.43 bits per heavy atom. The van der Waals surface area contributed by atoms with Crippen molar-refractivity contribution in [1.29, 1.82) is 0 Å². The Morgan fingerprint density at radius 2 is 1.13 bits per heavy atom. The fourth-order valence-electron chi connectivity index (χ4n) is 2.55. The third-order valence-electron chi connectivity index (χ3n) is 4.12. The number of amides is 2. The minimum absolute atomic E-state index is 0.284. The number of primary amides is 2. The van der Waals surface area contributed by atoms with E-state index in [1.807, 2.05) is 24.3 Å². The lowest BCUT2D eigenvalue weighted by molar-refractivity contribution is -0.140. The summed E-state index contributed by atoms with van der Waals surface area (Å²) in [5.41, 5.74) is 11.7. The van der Waals surface area contributed by atoms with Crippen molar-refractivity contribution in [2.24, 2.45) is 16.9 Å². The first kappa shape index (κ1) is 16.6. The molecule has 0 saturated carbocycles. The van der Waals surface area contributed by atoms with Gasteiger partial charge >= 0.3 is 0 Å². The lowest BCUT2D eigenvalue weighted by Gasteiger charge is -2.27. The zero-order chi connectivity index (χ0) is 16.7. The van der Waals surface area contributed by atoms with E-state index < -0.39 is 17.2 Å². The second-order valence-electron chi connectivity index (χ2n) is 5.52. The molecule has 23 heavy (non-hydrogen) atoms. The van der Waals surface area contributed by atoms with Gasteiger partial charge in [-0.05, 0) is 61.1 Å². The minimum Gasteiger partial charge on any atom is -0.369 e. The van der Waals surface area contributed by atoms with Gasteiger partial charge in [0.15, 0.2) is 0 Å². The van der Waals surface area contributed by atoms with Crippen molar-refractivity contribution in [1.82, 2.24) is 9.97 Å². The lowest BCUT2D eigenvalue weighted by Crippen LogP contribution is -2.48. The molecule has 0 unspecified atom stereocenters. The lowest BCUT2D eigenvalue weighted by atomic mass is 9.76. The molecule has 0 atom stereocenters. The summed E-state index contributed by atoms with van der Waals surface area (Å²) in [6, 6.07) is 7.37. The van der Waals surface area contributed by atoms with Crippen LogP contribution in [0.4, 0.5) is 0 Å². The Kier molecular flexibility index (Phi) is 5.41. The largest absolute Gasteiger partial charge is 0.369 e. The standard InChI is InChI=1S/C17H20N4O2/c18-15(22)17(16(19)23,7-1-13-3-9-20-10-4-13)8-2-14-5-11-21-12-6-14/h3-6,9-12H,1-2,7-8H2,(H2,18,22)(H2,19,23). The zero-order valence-corrected chi connectivity index (χ0v) is 12.8. The predicted octanol–water partition coefficient (Wildman–Crippen LogP) is 0.999. The van der Waals surface area contributed by atoms with Gasteiger partial charge < -0.3 is 11.5 Å². The third-order valence-corrected chi connectivity index (χ3v) is 4.12. The van der Waals surface area contributed by atoms with Crippen molar-refractivity contribution in [2.45, 2.75) is 25.7 Å². The number of pyridine rings is 2. The van der Waals surface area contributed by atoms with Gasteiger partial charge in [0.25, 0.3) is 0 Å². The second kappa shape index (κ2) is 7.49. The first-order chi connectivity index (χ1) is 11.0. The van der Waals surface area contributed by atoms with Crippen LogP contribution in [0, 0.1) is 5.41 Å². The van der Waals surface area contributed by atoms with Crippen molar-refractivity contribution < 1.29 is 9.59 Å². The predicted molar refractivity (Wildman–Crippen MR) is 85.9 cm³/mol. The molecule has 0 saturated heterocycles. The van der Waals surface area contributed by atoms with Crippen molar-refractivity contribution in [3.8, 4) is 0 Å². The van der Waals surface area contributed by atoms with E-state index in [2.05, 4.69) is 9.97 Å². The number of aromatic nitrogens is 2. The number of hydrogen-bond acceptors (Lipinski definition) is 4. The molecule has 0 spiro atoms. The maximum atomic E-state index is 12.0. The Morgan fingerprint density at radius 1 is 0.783 bits per heavy atom. The summed E-state index contributed by atoms with van der Waals surface area (Å²) >= 11 is 0. The van der Waals surface area contributed by atoms with Crippen LogP contribution in [0.5, 0.6) is 0 Å². The first-order valence-corrected chi connectivity index (χ1v) is 7.42. The van der Waals surface area contributed by atoms with Crippen LogP contribution in [0.25, 0.3) is 0 Å². The molecule has 4 N–H and O–H groups in total. The Labute approximate surface area is 134 Å². The zero-order valence-electron chi connectivity index (χ0n) is 12.8. The minimum atomic E-state index is -1.35. The summed E-state index contributed by atoms with van der Waals surface area (Å²) in [7, 11) is 0. The number of rotatable bonds is 8. The molecule has 0 bridgehead atoms. The van der Waals surface area contributed by atoms with Gasteiger partial charge in [0.1, 0.15) is 5.41 Å². The molecule has 120 valence electrons. The summed E-state index contributed by atoms with van der Waals surface area (Å²) in [4.78, 5) is 31.9. The molecule has 0 aliphatic rings. The number of carbonyl (C=O) groups excluding carboxylic acids is 2.